The zero-order chi connectivity index (χ0) is 21.0. The normalized spacial score (nSPS) is 17.7. The van der Waals surface area contributed by atoms with Crippen molar-refractivity contribution in [3.8, 4) is 5.75 Å². The molecule has 1 saturated heterocycles. The van der Waals surface area contributed by atoms with Crippen molar-refractivity contribution in [3.63, 3.8) is 0 Å². The summed E-state index contributed by atoms with van der Waals surface area (Å²) in [5, 5.41) is 0. The minimum Gasteiger partial charge on any atom is -0.495 e. The average Bonchev–Trinajstić information content (AvgIpc) is 2.74. The Morgan fingerprint density at radius 3 is 2.66 bits per heavy atom. The fourth-order valence-corrected chi connectivity index (χ4v) is 5.29. The minimum absolute atomic E-state index is 0.0694. The third-order valence-electron chi connectivity index (χ3n) is 5.12. The Hall–Kier alpha value is -2.45. The first-order valence-electron chi connectivity index (χ1n) is 9.45. The van der Waals surface area contributed by atoms with Gasteiger partial charge in [0.25, 0.3) is 0 Å². The van der Waals surface area contributed by atoms with Crippen LogP contribution in [0.2, 0.25) is 0 Å². The summed E-state index contributed by atoms with van der Waals surface area (Å²) < 4.78 is 46.3. The van der Waals surface area contributed by atoms with Crippen LogP contribution in [0.25, 0.3) is 0 Å². The van der Waals surface area contributed by atoms with Crippen LogP contribution in [-0.4, -0.2) is 50.8 Å². The van der Waals surface area contributed by atoms with Gasteiger partial charge in [0.2, 0.25) is 15.9 Å². The maximum absolute atomic E-state index is 13.7. The van der Waals surface area contributed by atoms with Gasteiger partial charge in [-0.3, -0.25) is 4.79 Å². The Morgan fingerprint density at radius 1 is 1.24 bits per heavy atom. The number of rotatable bonds is 6. The second-order valence-corrected chi connectivity index (χ2v) is 9.08. The molecule has 1 fully saturated rings. The van der Waals surface area contributed by atoms with E-state index >= 15 is 0 Å². The molecule has 1 aliphatic heterocycles. The van der Waals surface area contributed by atoms with Crippen molar-refractivity contribution in [2.75, 3.05) is 27.2 Å². The molecule has 0 aliphatic carbocycles. The molecular formula is C21H25FN2O4S. The summed E-state index contributed by atoms with van der Waals surface area (Å²) in [6, 6.07) is 13.0. The van der Waals surface area contributed by atoms with E-state index < -0.39 is 21.8 Å². The maximum Gasteiger partial charge on any atom is 0.246 e. The lowest BCUT2D eigenvalue weighted by Crippen LogP contribution is -2.45. The van der Waals surface area contributed by atoms with Gasteiger partial charge in [0.1, 0.15) is 16.5 Å². The van der Waals surface area contributed by atoms with E-state index in [1.54, 1.807) is 11.9 Å². The molecule has 0 bridgehead atoms. The molecule has 0 N–H and O–H groups in total. The number of methoxy groups -OCH3 is 1. The van der Waals surface area contributed by atoms with Gasteiger partial charge in [-0.2, -0.15) is 4.31 Å². The molecule has 0 spiro atoms. The third-order valence-corrected chi connectivity index (χ3v) is 7.00. The monoisotopic (exact) mass is 420 g/mol. The molecule has 2 aromatic rings. The van der Waals surface area contributed by atoms with Gasteiger partial charge in [-0.05, 0) is 36.6 Å². The van der Waals surface area contributed by atoms with Crippen molar-refractivity contribution < 1.29 is 22.3 Å². The van der Waals surface area contributed by atoms with Crippen LogP contribution in [0.15, 0.2) is 53.4 Å². The fraction of sp³-hybridized carbons (Fsp3) is 0.381. The van der Waals surface area contributed by atoms with Crippen molar-refractivity contribution in [1.82, 2.24) is 9.21 Å². The van der Waals surface area contributed by atoms with Gasteiger partial charge >= 0.3 is 0 Å². The van der Waals surface area contributed by atoms with Gasteiger partial charge in [0.05, 0.1) is 13.0 Å². The smallest absolute Gasteiger partial charge is 0.246 e. The van der Waals surface area contributed by atoms with Crippen LogP contribution in [0.5, 0.6) is 5.75 Å². The minimum atomic E-state index is -3.98. The molecule has 1 amide bonds. The van der Waals surface area contributed by atoms with Crippen molar-refractivity contribution >= 4 is 15.9 Å². The van der Waals surface area contributed by atoms with E-state index in [2.05, 4.69) is 0 Å². The zero-order valence-electron chi connectivity index (χ0n) is 16.5. The van der Waals surface area contributed by atoms with Crippen molar-refractivity contribution in [2.24, 2.45) is 5.92 Å². The van der Waals surface area contributed by atoms with E-state index in [0.717, 1.165) is 17.7 Å². The van der Waals surface area contributed by atoms with Crippen molar-refractivity contribution in [2.45, 2.75) is 24.3 Å². The van der Waals surface area contributed by atoms with E-state index in [1.807, 2.05) is 30.3 Å². The molecule has 1 unspecified atom stereocenters. The number of carbonyl (C=O) groups excluding carboxylic acids is 1. The highest BCUT2D eigenvalue weighted by Crippen LogP contribution is 2.31. The Balaban J connectivity index is 1.76. The van der Waals surface area contributed by atoms with Crippen LogP contribution in [-0.2, 0) is 21.4 Å². The van der Waals surface area contributed by atoms with Gasteiger partial charge in [0.15, 0.2) is 0 Å². The fourth-order valence-electron chi connectivity index (χ4n) is 3.60. The second-order valence-electron chi connectivity index (χ2n) is 7.18. The summed E-state index contributed by atoms with van der Waals surface area (Å²) >= 11 is 0. The molecule has 0 aromatic heterocycles. The standard InChI is InChI=1S/C21H25FN2O4S/c1-23(14-16-7-4-3-5-8-16)21(25)17-9-6-12-24(15-17)29(26,27)20-13-18(22)10-11-19(20)28-2/h3-5,7-8,10-11,13,17H,6,9,12,14-15H2,1-2H3. The van der Waals surface area contributed by atoms with Crippen molar-refractivity contribution in [1.29, 1.82) is 0 Å². The topological polar surface area (TPSA) is 66.9 Å². The number of sulfonamides is 1. The lowest BCUT2D eigenvalue weighted by atomic mass is 9.98. The third kappa shape index (κ3) is 4.76. The van der Waals surface area contributed by atoms with Gasteiger partial charge in [-0.25, -0.2) is 12.8 Å². The highest BCUT2D eigenvalue weighted by molar-refractivity contribution is 7.89. The average molecular weight is 421 g/mol. The number of nitrogens with zero attached hydrogens (tertiary/aromatic N) is 2. The molecular weight excluding hydrogens is 395 g/mol. The molecule has 6 nitrogen and oxygen atoms in total. The summed E-state index contributed by atoms with van der Waals surface area (Å²) in [6.07, 6.45) is 1.18. The first kappa shape index (κ1) is 21.3. The number of amides is 1. The summed E-state index contributed by atoms with van der Waals surface area (Å²) in [5.74, 6) is -1.11. The molecule has 1 heterocycles. The number of hydrogen-bond donors (Lipinski definition) is 0. The van der Waals surface area contributed by atoms with Gasteiger partial charge in [-0.15, -0.1) is 0 Å². The Kier molecular flexibility index (Phi) is 6.54. The Bertz CT molecular complexity index is 966. The van der Waals surface area contributed by atoms with Crippen LogP contribution in [0, 0.1) is 11.7 Å². The van der Waals surface area contributed by atoms with E-state index in [-0.39, 0.29) is 29.6 Å². The lowest BCUT2D eigenvalue weighted by molar-refractivity contribution is -0.135. The maximum atomic E-state index is 13.7. The molecule has 0 saturated carbocycles. The first-order chi connectivity index (χ1) is 13.8. The molecule has 156 valence electrons. The van der Waals surface area contributed by atoms with Crippen LogP contribution < -0.4 is 4.74 Å². The molecule has 8 heteroatoms. The quantitative estimate of drug-likeness (QED) is 0.721. The first-order valence-corrected chi connectivity index (χ1v) is 10.9. The highest BCUT2D eigenvalue weighted by atomic mass is 32.2. The van der Waals surface area contributed by atoms with Crippen LogP contribution in [0.3, 0.4) is 0 Å². The van der Waals surface area contributed by atoms with Gasteiger partial charge < -0.3 is 9.64 Å². The van der Waals surface area contributed by atoms with Crippen LogP contribution in [0.1, 0.15) is 18.4 Å². The lowest BCUT2D eigenvalue weighted by Gasteiger charge is -2.33. The van der Waals surface area contributed by atoms with Crippen LogP contribution in [0.4, 0.5) is 4.39 Å². The second kappa shape index (κ2) is 8.92. The Morgan fingerprint density at radius 2 is 1.97 bits per heavy atom. The predicted octanol–water partition coefficient (Wildman–Crippen LogP) is 2.89. The van der Waals surface area contributed by atoms with Gasteiger partial charge in [0, 0.05) is 26.7 Å². The number of carbonyl (C=O) groups is 1. The summed E-state index contributed by atoms with van der Waals surface area (Å²) in [4.78, 5) is 14.3. The number of ether oxygens (including phenoxy) is 1. The summed E-state index contributed by atoms with van der Waals surface area (Å²) in [6.45, 7) is 0.814. The van der Waals surface area contributed by atoms with Gasteiger partial charge in [-0.1, -0.05) is 30.3 Å². The molecule has 29 heavy (non-hydrogen) atoms. The van der Waals surface area contributed by atoms with Crippen LogP contribution >= 0.6 is 0 Å². The number of benzene rings is 2. The largest absolute Gasteiger partial charge is 0.495 e. The van der Waals surface area contributed by atoms with E-state index in [4.69, 9.17) is 4.74 Å². The predicted molar refractivity (Wildman–Crippen MR) is 107 cm³/mol. The molecule has 1 aliphatic rings. The summed E-state index contributed by atoms with van der Waals surface area (Å²) in [7, 11) is -0.919. The number of halogens is 1. The van der Waals surface area contributed by atoms with E-state index in [1.165, 1.54) is 17.5 Å². The number of hydrogen-bond acceptors (Lipinski definition) is 4. The summed E-state index contributed by atoms with van der Waals surface area (Å²) in [5.41, 5.74) is 1.01. The van der Waals surface area contributed by atoms with E-state index in [9.17, 15) is 17.6 Å². The van der Waals surface area contributed by atoms with E-state index in [0.29, 0.717) is 19.4 Å². The van der Waals surface area contributed by atoms with Crippen molar-refractivity contribution in [3.05, 3.63) is 59.9 Å². The Labute approximate surface area is 170 Å². The number of piperidine rings is 1. The SMILES string of the molecule is COc1ccc(F)cc1S(=O)(=O)N1CCCC(C(=O)N(C)Cc2ccccc2)C1. The highest BCUT2D eigenvalue weighted by Gasteiger charge is 2.36. The zero-order valence-corrected chi connectivity index (χ0v) is 17.4. The molecule has 2 aromatic carbocycles. The molecule has 1 atom stereocenters. The molecule has 3 rings (SSSR count). The molecule has 0 radical (unpaired) electrons.